The molecule has 0 aliphatic heterocycles. The Hall–Kier alpha value is -2.87. The fraction of sp³-hybridized carbons (Fsp3) is 0.278. The number of amides is 1. The number of ketones is 1. The molecule has 0 fully saturated rings. The molecular formula is C18H18N2O3. The molecule has 1 aromatic carbocycles. The Balaban J connectivity index is 2.14. The minimum atomic E-state index is -1.42. The van der Waals surface area contributed by atoms with Crippen molar-refractivity contribution in [1.29, 1.82) is 5.26 Å². The summed E-state index contributed by atoms with van der Waals surface area (Å²) >= 11 is 0. The molecule has 0 radical (unpaired) electrons. The van der Waals surface area contributed by atoms with Crippen LogP contribution in [0.2, 0.25) is 0 Å². The lowest BCUT2D eigenvalue weighted by atomic mass is 10.00. The van der Waals surface area contributed by atoms with Crippen molar-refractivity contribution in [3.05, 3.63) is 59.5 Å². The second kappa shape index (κ2) is 7.41. The van der Waals surface area contributed by atoms with Gasteiger partial charge in [0.2, 0.25) is 11.7 Å². The molecule has 23 heavy (non-hydrogen) atoms. The Labute approximate surface area is 134 Å². The molecule has 0 aliphatic carbocycles. The van der Waals surface area contributed by atoms with Gasteiger partial charge < -0.3 is 9.73 Å². The molecule has 2 atom stereocenters. The lowest BCUT2D eigenvalue weighted by Crippen LogP contribution is -2.36. The molecule has 0 saturated heterocycles. The zero-order valence-electron chi connectivity index (χ0n) is 13.1. The van der Waals surface area contributed by atoms with Crippen LogP contribution in [0.1, 0.15) is 41.3 Å². The van der Waals surface area contributed by atoms with E-state index in [1.807, 2.05) is 37.3 Å². The number of rotatable bonds is 6. The van der Waals surface area contributed by atoms with Gasteiger partial charge >= 0.3 is 0 Å². The third-order valence-corrected chi connectivity index (χ3v) is 3.56. The highest BCUT2D eigenvalue weighted by Gasteiger charge is 2.31. The highest BCUT2D eigenvalue weighted by Crippen LogP contribution is 2.18. The number of hydrogen-bond acceptors (Lipinski definition) is 4. The summed E-state index contributed by atoms with van der Waals surface area (Å²) < 4.78 is 5.21. The first kappa shape index (κ1) is 16.5. The number of hydrogen-bond donors (Lipinski definition) is 1. The van der Waals surface area contributed by atoms with Crippen LogP contribution in [0.5, 0.6) is 0 Å². The van der Waals surface area contributed by atoms with E-state index in [0.29, 0.717) is 12.2 Å². The lowest BCUT2D eigenvalue weighted by molar-refractivity contribution is -0.123. The van der Waals surface area contributed by atoms with Crippen LogP contribution in [0, 0.1) is 24.2 Å². The SMILES string of the molecule is CCC(NC(=O)C(C#N)C(=O)c1ccc(C)o1)c1ccccc1. The molecule has 1 N–H and O–H groups in total. The van der Waals surface area contributed by atoms with Crippen LogP contribution in [0.3, 0.4) is 0 Å². The van der Waals surface area contributed by atoms with Crippen molar-refractivity contribution in [2.75, 3.05) is 0 Å². The quantitative estimate of drug-likeness (QED) is 0.656. The molecule has 5 nitrogen and oxygen atoms in total. The first-order valence-electron chi connectivity index (χ1n) is 7.42. The van der Waals surface area contributed by atoms with Crippen LogP contribution < -0.4 is 5.32 Å². The lowest BCUT2D eigenvalue weighted by Gasteiger charge is -2.18. The fourth-order valence-electron chi connectivity index (χ4n) is 2.31. The maximum atomic E-state index is 12.3. The molecule has 2 aromatic rings. The highest BCUT2D eigenvalue weighted by atomic mass is 16.3. The molecule has 2 rings (SSSR count). The fourth-order valence-corrected chi connectivity index (χ4v) is 2.31. The van der Waals surface area contributed by atoms with Crippen molar-refractivity contribution in [2.24, 2.45) is 5.92 Å². The van der Waals surface area contributed by atoms with Crippen molar-refractivity contribution in [1.82, 2.24) is 5.32 Å². The molecule has 0 bridgehead atoms. The molecule has 118 valence electrons. The van der Waals surface area contributed by atoms with E-state index in [9.17, 15) is 14.9 Å². The van der Waals surface area contributed by atoms with Gasteiger partial charge in [0.15, 0.2) is 11.7 Å². The molecule has 1 heterocycles. The van der Waals surface area contributed by atoms with E-state index in [4.69, 9.17) is 4.42 Å². The molecule has 0 aliphatic rings. The zero-order valence-corrected chi connectivity index (χ0v) is 13.1. The van der Waals surface area contributed by atoms with Crippen LogP contribution >= 0.6 is 0 Å². The average Bonchev–Trinajstić information content (AvgIpc) is 3.00. The molecule has 2 unspecified atom stereocenters. The van der Waals surface area contributed by atoms with E-state index >= 15 is 0 Å². The maximum Gasteiger partial charge on any atom is 0.246 e. The number of carbonyl (C=O) groups is 2. The Kier molecular flexibility index (Phi) is 5.32. The summed E-state index contributed by atoms with van der Waals surface area (Å²) in [6.45, 7) is 3.62. The molecule has 0 saturated carbocycles. The topological polar surface area (TPSA) is 83.1 Å². The number of Topliss-reactive ketones (excluding diaryl/α,β-unsaturated/α-hetero) is 1. The van der Waals surface area contributed by atoms with Crippen molar-refractivity contribution in [3.63, 3.8) is 0 Å². The highest BCUT2D eigenvalue weighted by molar-refractivity contribution is 6.10. The summed E-state index contributed by atoms with van der Waals surface area (Å²) in [6, 6.07) is 14.1. The van der Waals surface area contributed by atoms with Crippen molar-refractivity contribution in [3.8, 4) is 6.07 Å². The van der Waals surface area contributed by atoms with E-state index in [2.05, 4.69) is 5.32 Å². The smallest absolute Gasteiger partial charge is 0.246 e. The van der Waals surface area contributed by atoms with Gasteiger partial charge in [-0.05, 0) is 31.0 Å². The van der Waals surface area contributed by atoms with Gasteiger partial charge in [0.05, 0.1) is 12.1 Å². The van der Waals surface area contributed by atoms with E-state index < -0.39 is 17.6 Å². The second-order valence-corrected chi connectivity index (χ2v) is 5.22. The standard InChI is InChI=1S/C18H18N2O3/c1-3-15(13-7-5-4-6-8-13)20-18(22)14(11-19)17(21)16-10-9-12(2)23-16/h4-10,14-15H,3H2,1-2H3,(H,20,22). The number of furan rings is 1. The maximum absolute atomic E-state index is 12.3. The number of aryl methyl sites for hydroxylation is 1. The second-order valence-electron chi connectivity index (χ2n) is 5.22. The third-order valence-electron chi connectivity index (χ3n) is 3.56. The van der Waals surface area contributed by atoms with E-state index in [1.165, 1.54) is 6.07 Å². The van der Waals surface area contributed by atoms with Gasteiger partial charge in [0, 0.05) is 0 Å². The van der Waals surface area contributed by atoms with Gasteiger partial charge in [0.25, 0.3) is 0 Å². The minimum absolute atomic E-state index is 0.0250. The van der Waals surface area contributed by atoms with Crippen molar-refractivity contribution in [2.45, 2.75) is 26.3 Å². The van der Waals surface area contributed by atoms with Gasteiger partial charge in [-0.3, -0.25) is 9.59 Å². The van der Waals surface area contributed by atoms with Gasteiger partial charge in [-0.25, -0.2) is 0 Å². The van der Waals surface area contributed by atoms with Crippen LogP contribution in [0.25, 0.3) is 0 Å². The first-order valence-corrected chi connectivity index (χ1v) is 7.42. The largest absolute Gasteiger partial charge is 0.458 e. The van der Waals surface area contributed by atoms with Crippen molar-refractivity contribution < 1.29 is 14.0 Å². The molecule has 1 aromatic heterocycles. The number of carbonyl (C=O) groups excluding carboxylic acids is 2. The predicted molar refractivity (Wildman–Crippen MR) is 84.5 cm³/mol. The number of nitrogens with one attached hydrogen (secondary N) is 1. The molecular weight excluding hydrogens is 292 g/mol. The summed E-state index contributed by atoms with van der Waals surface area (Å²) in [5, 5.41) is 12.0. The predicted octanol–water partition coefficient (Wildman–Crippen LogP) is 3.18. The van der Waals surface area contributed by atoms with Gasteiger partial charge in [-0.15, -0.1) is 0 Å². The first-order chi connectivity index (χ1) is 11.1. The van der Waals surface area contributed by atoms with Gasteiger partial charge in [-0.1, -0.05) is 37.3 Å². The monoisotopic (exact) mass is 310 g/mol. The van der Waals surface area contributed by atoms with Crippen molar-refractivity contribution >= 4 is 11.7 Å². The number of nitrogens with zero attached hydrogens (tertiary/aromatic N) is 1. The van der Waals surface area contributed by atoms with Gasteiger partial charge in [0.1, 0.15) is 5.76 Å². The van der Waals surface area contributed by atoms with Crippen LogP contribution in [-0.2, 0) is 4.79 Å². The molecule has 1 amide bonds. The van der Waals surface area contributed by atoms with E-state index in [-0.39, 0.29) is 11.8 Å². The summed E-state index contributed by atoms with van der Waals surface area (Å²) in [4.78, 5) is 24.6. The third kappa shape index (κ3) is 3.86. The Morgan fingerprint density at radius 2 is 1.91 bits per heavy atom. The number of benzene rings is 1. The summed E-state index contributed by atoms with van der Waals surface area (Å²) in [7, 11) is 0. The summed E-state index contributed by atoms with van der Waals surface area (Å²) in [5.41, 5.74) is 0.932. The van der Waals surface area contributed by atoms with Crippen LogP contribution in [-0.4, -0.2) is 11.7 Å². The van der Waals surface area contributed by atoms with E-state index in [1.54, 1.807) is 19.1 Å². The van der Waals surface area contributed by atoms with Gasteiger partial charge in [-0.2, -0.15) is 5.26 Å². The number of nitriles is 1. The zero-order chi connectivity index (χ0) is 16.8. The minimum Gasteiger partial charge on any atom is -0.458 e. The molecule has 5 heteroatoms. The Morgan fingerprint density at radius 1 is 1.22 bits per heavy atom. The van der Waals surface area contributed by atoms with Crippen LogP contribution in [0.15, 0.2) is 46.9 Å². The summed E-state index contributed by atoms with van der Waals surface area (Å²) in [6.07, 6.45) is 0.655. The Morgan fingerprint density at radius 3 is 2.43 bits per heavy atom. The summed E-state index contributed by atoms with van der Waals surface area (Å²) in [5.74, 6) is -2.07. The Bertz CT molecular complexity index is 728. The van der Waals surface area contributed by atoms with Crippen LogP contribution in [0.4, 0.5) is 0 Å². The normalized spacial score (nSPS) is 12.9. The average molecular weight is 310 g/mol. The molecule has 0 spiro atoms. The van der Waals surface area contributed by atoms with E-state index in [0.717, 1.165) is 5.56 Å².